The van der Waals surface area contributed by atoms with Crippen LogP contribution in [0.15, 0.2) is 48.5 Å². The fourth-order valence-corrected chi connectivity index (χ4v) is 4.47. The van der Waals surface area contributed by atoms with Gasteiger partial charge in [0, 0.05) is 28.6 Å². The van der Waals surface area contributed by atoms with Crippen molar-refractivity contribution in [2.75, 3.05) is 11.9 Å². The Kier molecular flexibility index (Phi) is 2.32. The van der Waals surface area contributed by atoms with Gasteiger partial charge in [-0.15, -0.1) is 0 Å². The Labute approximate surface area is 129 Å². The molecule has 0 amide bonds. The van der Waals surface area contributed by atoms with Gasteiger partial charge in [-0.2, -0.15) is 0 Å². The lowest BCUT2D eigenvalue weighted by Gasteiger charge is -2.35. The van der Waals surface area contributed by atoms with E-state index in [2.05, 4.69) is 71.1 Å². The van der Waals surface area contributed by atoms with Crippen LogP contribution in [0.25, 0.3) is 10.9 Å². The maximum absolute atomic E-state index is 3.74. The van der Waals surface area contributed by atoms with Crippen molar-refractivity contribution in [1.82, 2.24) is 4.98 Å². The van der Waals surface area contributed by atoms with E-state index in [-0.39, 0.29) is 5.54 Å². The highest BCUT2D eigenvalue weighted by Crippen LogP contribution is 2.41. The number of nitrogens with two attached hydrogens (primary N) is 1. The second-order valence-corrected chi connectivity index (χ2v) is 6.74. The average molecular weight is 290 g/mol. The van der Waals surface area contributed by atoms with Crippen molar-refractivity contribution < 1.29 is 5.32 Å². The lowest BCUT2D eigenvalue weighted by Crippen LogP contribution is -3.01. The Bertz CT molecular complexity index is 879. The molecule has 3 aromatic rings. The van der Waals surface area contributed by atoms with Gasteiger partial charge in [0.05, 0.1) is 18.3 Å². The van der Waals surface area contributed by atoms with Crippen LogP contribution in [0.4, 0.5) is 5.69 Å². The summed E-state index contributed by atoms with van der Waals surface area (Å²) in [6, 6.07) is 18.0. The number of anilines is 1. The molecule has 3 heterocycles. The summed E-state index contributed by atoms with van der Waals surface area (Å²) in [6.45, 7) is 3.30. The number of hydrogen-bond acceptors (Lipinski definition) is 1. The number of benzene rings is 2. The fourth-order valence-electron chi connectivity index (χ4n) is 4.47. The number of nitrogens with one attached hydrogen (secondary N) is 2. The fraction of sp³-hybridized carbons (Fsp3) is 0.263. The van der Waals surface area contributed by atoms with Gasteiger partial charge in [-0.3, -0.25) is 0 Å². The summed E-state index contributed by atoms with van der Waals surface area (Å²) in [5, 5.41) is 7.55. The Morgan fingerprint density at radius 1 is 1.09 bits per heavy atom. The van der Waals surface area contributed by atoms with Crippen molar-refractivity contribution in [3.63, 3.8) is 0 Å². The van der Waals surface area contributed by atoms with Crippen LogP contribution >= 0.6 is 0 Å². The Hall–Kier alpha value is -2.26. The van der Waals surface area contributed by atoms with Crippen molar-refractivity contribution >= 4 is 16.6 Å². The van der Waals surface area contributed by atoms with Crippen LogP contribution in [0.5, 0.6) is 0 Å². The highest BCUT2D eigenvalue weighted by atomic mass is 15.1. The van der Waals surface area contributed by atoms with Crippen molar-refractivity contribution in [3.8, 4) is 0 Å². The third-order valence-electron chi connectivity index (χ3n) is 5.32. The van der Waals surface area contributed by atoms with Crippen LogP contribution in [-0.2, 0) is 12.0 Å². The quantitative estimate of drug-likeness (QED) is 0.584. The molecule has 1 aromatic heterocycles. The van der Waals surface area contributed by atoms with Crippen LogP contribution in [0, 0.1) is 0 Å². The second-order valence-electron chi connectivity index (χ2n) is 6.74. The van der Waals surface area contributed by atoms with E-state index in [4.69, 9.17) is 0 Å². The monoisotopic (exact) mass is 290 g/mol. The van der Waals surface area contributed by atoms with E-state index in [1.807, 2.05) is 0 Å². The van der Waals surface area contributed by atoms with E-state index in [0.29, 0.717) is 6.04 Å². The van der Waals surface area contributed by atoms with E-state index >= 15 is 0 Å². The molecule has 2 aromatic carbocycles. The number of hydrogen-bond donors (Lipinski definition) is 3. The van der Waals surface area contributed by atoms with Gasteiger partial charge in [0.15, 0.2) is 5.54 Å². The molecule has 4 N–H and O–H groups in total. The summed E-state index contributed by atoms with van der Waals surface area (Å²) in [4.78, 5) is 3.74. The third kappa shape index (κ3) is 1.44. The van der Waals surface area contributed by atoms with Crippen LogP contribution in [-0.4, -0.2) is 17.6 Å². The van der Waals surface area contributed by atoms with Crippen molar-refractivity contribution in [1.29, 1.82) is 0 Å². The number of fused-ring (bicyclic) bond motifs is 6. The first kappa shape index (κ1) is 12.3. The molecule has 5 rings (SSSR count). The molecule has 0 unspecified atom stereocenters. The lowest BCUT2D eigenvalue weighted by atomic mass is 9.80. The van der Waals surface area contributed by atoms with E-state index in [1.54, 1.807) is 0 Å². The van der Waals surface area contributed by atoms with Gasteiger partial charge < -0.3 is 15.6 Å². The Balaban J connectivity index is 1.84. The first-order valence-electron chi connectivity index (χ1n) is 8.07. The number of rotatable bonds is 0. The lowest BCUT2D eigenvalue weighted by molar-refractivity contribution is -0.753. The Morgan fingerprint density at radius 3 is 2.86 bits per heavy atom. The second kappa shape index (κ2) is 4.14. The van der Waals surface area contributed by atoms with Crippen LogP contribution < -0.4 is 10.6 Å². The largest absolute Gasteiger partial charge is 0.378 e. The normalized spacial score (nSPS) is 26.0. The number of H-pyrrole nitrogens is 1. The SMILES string of the molecule is C[C@H]1Cc2c([nH]c3ccccc23)[C@@]2(CNc3ccccc32)[NH2+]1. The van der Waals surface area contributed by atoms with Crippen molar-refractivity contribution in [2.24, 2.45) is 0 Å². The van der Waals surface area contributed by atoms with Gasteiger partial charge in [0.2, 0.25) is 0 Å². The molecule has 110 valence electrons. The molecule has 0 fully saturated rings. The minimum absolute atomic E-state index is 0.0113. The van der Waals surface area contributed by atoms with E-state index in [9.17, 15) is 0 Å². The number of aromatic nitrogens is 1. The number of para-hydroxylation sites is 2. The molecule has 0 saturated carbocycles. The molecule has 0 saturated heterocycles. The van der Waals surface area contributed by atoms with Crippen LogP contribution in [0.2, 0.25) is 0 Å². The maximum Gasteiger partial charge on any atom is 0.182 e. The van der Waals surface area contributed by atoms with Crippen molar-refractivity contribution in [3.05, 3.63) is 65.4 Å². The van der Waals surface area contributed by atoms with Gasteiger partial charge in [0.1, 0.15) is 0 Å². The van der Waals surface area contributed by atoms with Crippen molar-refractivity contribution in [2.45, 2.75) is 24.9 Å². The first-order valence-corrected chi connectivity index (χ1v) is 8.07. The summed E-state index contributed by atoms with van der Waals surface area (Å²) >= 11 is 0. The Morgan fingerprint density at radius 2 is 1.91 bits per heavy atom. The third-order valence-corrected chi connectivity index (χ3v) is 5.32. The van der Waals surface area contributed by atoms with Gasteiger partial charge in [-0.25, -0.2) is 0 Å². The molecule has 3 heteroatoms. The van der Waals surface area contributed by atoms with Gasteiger partial charge in [-0.1, -0.05) is 36.4 Å². The molecule has 1 spiro atoms. The number of aromatic amines is 1. The zero-order valence-corrected chi connectivity index (χ0v) is 12.7. The summed E-state index contributed by atoms with van der Waals surface area (Å²) in [5.74, 6) is 0. The molecule has 0 radical (unpaired) electrons. The van der Waals surface area contributed by atoms with E-state index < -0.39 is 0 Å². The van der Waals surface area contributed by atoms with E-state index in [1.165, 1.54) is 33.4 Å². The molecule has 3 nitrogen and oxygen atoms in total. The smallest absolute Gasteiger partial charge is 0.182 e. The summed E-state index contributed by atoms with van der Waals surface area (Å²) in [6.07, 6.45) is 1.13. The minimum Gasteiger partial charge on any atom is -0.378 e. The first-order chi connectivity index (χ1) is 10.8. The topological polar surface area (TPSA) is 44.4 Å². The molecule has 0 bridgehead atoms. The standard InChI is InChI=1S/C19H19N3/c1-12-10-14-13-6-2-4-8-16(13)21-18(14)19(22-12)11-20-17-9-5-3-7-15(17)19/h2-9,12,20-22H,10-11H2,1H3/p+1/t12-,19-/m0/s1. The highest BCUT2D eigenvalue weighted by Gasteiger charge is 2.50. The molecule has 2 atom stereocenters. The maximum atomic E-state index is 3.74. The summed E-state index contributed by atoms with van der Waals surface area (Å²) in [7, 11) is 0. The molecular weight excluding hydrogens is 270 g/mol. The predicted octanol–water partition coefficient (Wildman–Crippen LogP) is 2.34. The molecule has 22 heavy (non-hydrogen) atoms. The average Bonchev–Trinajstić information content (AvgIpc) is 3.08. The zero-order valence-electron chi connectivity index (χ0n) is 12.7. The minimum atomic E-state index is -0.0113. The molecule has 0 aliphatic carbocycles. The van der Waals surface area contributed by atoms with Gasteiger partial charge in [-0.05, 0) is 24.6 Å². The highest BCUT2D eigenvalue weighted by molar-refractivity contribution is 5.86. The van der Waals surface area contributed by atoms with Crippen LogP contribution in [0.1, 0.15) is 23.7 Å². The summed E-state index contributed by atoms with van der Waals surface area (Å²) in [5.41, 5.74) is 6.83. The molecular formula is C19H20N3+. The van der Waals surface area contributed by atoms with E-state index in [0.717, 1.165) is 13.0 Å². The molecule has 2 aliphatic rings. The molecule has 2 aliphatic heterocycles. The van der Waals surface area contributed by atoms with Gasteiger partial charge in [0.25, 0.3) is 0 Å². The van der Waals surface area contributed by atoms with Gasteiger partial charge >= 0.3 is 0 Å². The number of quaternary nitrogens is 1. The predicted molar refractivity (Wildman–Crippen MR) is 89.1 cm³/mol. The zero-order chi connectivity index (χ0) is 14.7. The van der Waals surface area contributed by atoms with Crippen LogP contribution in [0.3, 0.4) is 0 Å². The summed E-state index contributed by atoms with van der Waals surface area (Å²) < 4.78 is 0.